The lowest BCUT2D eigenvalue weighted by Gasteiger charge is -2.09. The summed E-state index contributed by atoms with van der Waals surface area (Å²) in [4.78, 5) is 0. The Morgan fingerprint density at radius 1 is 0.654 bits per heavy atom. The SMILES string of the molecule is CCCC[S+](CCCC)CCCCCCCCCCCCC1CCCO1. The fourth-order valence-electron chi connectivity index (χ4n) is 3.97. The molecule has 0 amide bonds. The maximum atomic E-state index is 5.70. The zero-order valence-electron chi connectivity index (χ0n) is 18.2. The number of ether oxygens (including phenoxy) is 1. The maximum absolute atomic E-state index is 5.70. The fraction of sp³-hybridized carbons (Fsp3) is 1.00. The molecule has 0 radical (unpaired) electrons. The van der Waals surface area contributed by atoms with E-state index in [1.807, 2.05) is 0 Å². The Morgan fingerprint density at radius 2 is 1.15 bits per heavy atom. The molecule has 0 aliphatic carbocycles. The summed E-state index contributed by atoms with van der Waals surface area (Å²) < 4.78 is 5.70. The molecule has 0 aromatic carbocycles. The Balaban J connectivity index is 1.80. The van der Waals surface area contributed by atoms with E-state index in [0.717, 1.165) is 17.5 Å². The van der Waals surface area contributed by atoms with Gasteiger partial charge in [0.05, 0.1) is 6.10 Å². The molecule has 1 aliphatic heterocycles. The van der Waals surface area contributed by atoms with Crippen molar-refractivity contribution in [1.29, 1.82) is 0 Å². The highest BCUT2D eigenvalue weighted by Crippen LogP contribution is 2.19. The van der Waals surface area contributed by atoms with Gasteiger partial charge < -0.3 is 4.74 Å². The van der Waals surface area contributed by atoms with Crippen LogP contribution in [0.3, 0.4) is 0 Å². The van der Waals surface area contributed by atoms with Crippen molar-refractivity contribution in [3.8, 4) is 0 Å². The summed E-state index contributed by atoms with van der Waals surface area (Å²) in [5, 5.41) is 0. The van der Waals surface area contributed by atoms with Crippen LogP contribution >= 0.6 is 0 Å². The third-order valence-electron chi connectivity index (χ3n) is 5.81. The highest BCUT2D eigenvalue weighted by Gasteiger charge is 2.16. The Labute approximate surface area is 168 Å². The van der Waals surface area contributed by atoms with Crippen LogP contribution in [0.5, 0.6) is 0 Å². The van der Waals surface area contributed by atoms with Gasteiger partial charge in [0.25, 0.3) is 0 Å². The van der Waals surface area contributed by atoms with Gasteiger partial charge >= 0.3 is 0 Å². The Hall–Kier alpha value is 0.310. The normalized spacial score (nSPS) is 17.4. The Morgan fingerprint density at radius 3 is 1.65 bits per heavy atom. The van der Waals surface area contributed by atoms with E-state index in [4.69, 9.17) is 4.74 Å². The molecular formula is C24H49OS+. The molecule has 0 N–H and O–H groups in total. The number of rotatable bonds is 19. The van der Waals surface area contributed by atoms with E-state index in [9.17, 15) is 0 Å². The summed E-state index contributed by atoms with van der Waals surface area (Å²) in [6.45, 7) is 5.69. The maximum Gasteiger partial charge on any atom is 0.108 e. The predicted octanol–water partition coefficient (Wildman–Crippen LogP) is 7.68. The van der Waals surface area contributed by atoms with Crippen LogP contribution in [0.4, 0.5) is 0 Å². The largest absolute Gasteiger partial charge is 0.378 e. The van der Waals surface area contributed by atoms with Crippen LogP contribution in [0.15, 0.2) is 0 Å². The number of hydrogen-bond acceptors (Lipinski definition) is 1. The monoisotopic (exact) mass is 385 g/mol. The Kier molecular flexibility index (Phi) is 17.5. The smallest absolute Gasteiger partial charge is 0.108 e. The second kappa shape index (κ2) is 18.7. The summed E-state index contributed by atoms with van der Waals surface area (Å²) in [6, 6.07) is 0. The second-order valence-corrected chi connectivity index (χ2v) is 10.8. The van der Waals surface area contributed by atoms with Crippen molar-refractivity contribution >= 4 is 10.9 Å². The molecule has 1 unspecified atom stereocenters. The first kappa shape index (κ1) is 24.3. The summed E-state index contributed by atoms with van der Waals surface area (Å²) in [7, 11) is 0.752. The third kappa shape index (κ3) is 14.4. The highest BCUT2D eigenvalue weighted by molar-refractivity contribution is 7.96. The molecule has 1 fully saturated rings. The molecule has 0 saturated carbocycles. The number of hydrogen-bond donors (Lipinski definition) is 0. The first-order valence-electron chi connectivity index (χ1n) is 12.1. The van der Waals surface area contributed by atoms with Crippen molar-refractivity contribution in [3.63, 3.8) is 0 Å². The van der Waals surface area contributed by atoms with Crippen LogP contribution in [0.1, 0.15) is 123 Å². The van der Waals surface area contributed by atoms with E-state index in [-0.39, 0.29) is 0 Å². The van der Waals surface area contributed by atoms with Crippen LogP contribution in [-0.4, -0.2) is 30.0 Å². The van der Waals surface area contributed by atoms with Crippen molar-refractivity contribution in [2.24, 2.45) is 0 Å². The molecule has 0 aromatic heterocycles. The van der Waals surface area contributed by atoms with E-state index in [1.54, 1.807) is 0 Å². The van der Waals surface area contributed by atoms with E-state index in [0.29, 0.717) is 6.10 Å². The molecule has 2 heteroatoms. The van der Waals surface area contributed by atoms with Gasteiger partial charge in [-0.15, -0.1) is 0 Å². The van der Waals surface area contributed by atoms with Gasteiger partial charge in [-0.05, 0) is 55.8 Å². The molecule has 1 aliphatic rings. The minimum absolute atomic E-state index is 0.610. The average molecular weight is 386 g/mol. The van der Waals surface area contributed by atoms with Crippen LogP contribution in [-0.2, 0) is 15.6 Å². The molecule has 0 bridgehead atoms. The lowest BCUT2D eigenvalue weighted by Crippen LogP contribution is -2.16. The molecule has 0 aromatic rings. The zero-order valence-corrected chi connectivity index (χ0v) is 19.1. The van der Waals surface area contributed by atoms with Crippen LogP contribution in [0, 0.1) is 0 Å². The van der Waals surface area contributed by atoms with Gasteiger partial charge in [-0.2, -0.15) is 0 Å². The van der Waals surface area contributed by atoms with Crippen molar-refractivity contribution in [2.45, 2.75) is 129 Å². The first-order valence-corrected chi connectivity index (χ1v) is 13.9. The minimum Gasteiger partial charge on any atom is -0.378 e. The molecule has 1 atom stereocenters. The molecule has 26 heavy (non-hydrogen) atoms. The van der Waals surface area contributed by atoms with Gasteiger partial charge in [0.15, 0.2) is 0 Å². The zero-order chi connectivity index (χ0) is 18.7. The Bertz CT molecular complexity index is 267. The van der Waals surface area contributed by atoms with Crippen molar-refractivity contribution < 1.29 is 4.74 Å². The second-order valence-electron chi connectivity index (χ2n) is 8.39. The summed E-state index contributed by atoms with van der Waals surface area (Å²) >= 11 is 0. The van der Waals surface area contributed by atoms with Gasteiger partial charge in [0.2, 0.25) is 0 Å². The van der Waals surface area contributed by atoms with Crippen LogP contribution < -0.4 is 0 Å². The van der Waals surface area contributed by atoms with E-state index < -0.39 is 0 Å². The molecule has 1 nitrogen and oxygen atoms in total. The minimum atomic E-state index is 0.610. The standard InChI is InChI=1S/C24H49OS/c1-3-5-21-26(22-6-4-2)23-16-14-12-10-8-7-9-11-13-15-18-24-19-17-20-25-24/h24H,3-23H2,1-2H3/q+1. The lowest BCUT2D eigenvalue weighted by molar-refractivity contribution is 0.102. The van der Waals surface area contributed by atoms with Gasteiger partial charge in [0.1, 0.15) is 17.3 Å². The molecule has 1 saturated heterocycles. The van der Waals surface area contributed by atoms with Gasteiger partial charge in [-0.25, -0.2) is 0 Å². The topological polar surface area (TPSA) is 9.23 Å². The van der Waals surface area contributed by atoms with Crippen LogP contribution in [0.2, 0.25) is 0 Å². The van der Waals surface area contributed by atoms with E-state index in [2.05, 4.69) is 13.8 Å². The highest BCUT2D eigenvalue weighted by atomic mass is 32.2. The lowest BCUT2D eigenvalue weighted by atomic mass is 10.0. The van der Waals surface area contributed by atoms with Gasteiger partial charge in [-0.3, -0.25) is 0 Å². The third-order valence-corrected chi connectivity index (χ3v) is 8.40. The quantitative estimate of drug-likeness (QED) is 0.164. The van der Waals surface area contributed by atoms with Gasteiger partial charge in [0, 0.05) is 6.61 Å². The van der Waals surface area contributed by atoms with Gasteiger partial charge in [-0.1, -0.05) is 78.1 Å². The van der Waals surface area contributed by atoms with E-state index in [1.165, 1.54) is 126 Å². The predicted molar refractivity (Wildman–Crippen MR) is 122 cm³/mol. The summed E-state index contributed by atoms with van der Waals surface area (Å²) in [5.41, 5.74) is 0. The molecule has 156 valence electrons. The van der Waals surface area contributed by atoms with Crippen LogP contribution in [0.25, 0.3) is 0 Å². The average Bonchev–Trinajstić information content (AvgIpc) is 3.17. The fourth-order valence-corrected chi connectivity index (χ4v) is 6.59. The summed E-state index contributed by atoms with van der Waals surface area (Å²) in [6.07, 6.45) is 24.8. The summed E-state index contributed by atoms with van der Waals surface area (Å²) in [5.74, 6) is 4.57. The first-order chi connectivity index (χ1) is 12.9. The van der Waals surface area contributed by atoms with E-state index >= 15 is 0 Å². The van der Waals surface area contributed by atoms with Crippen molar-refractivity contribution in [2.75, 3.05) is 23.9 Å². The van der Waals surface area contributed by atoms with Crippen molar-refractivity contribution in [3.05, 3.63) is 0 Å². The number of unbranched alkanes of at least 4 members (excludes halogenated alkanes) is 11. The van der Waals surface area contributed by atoms with Crippen molar-refractivity contribution in [1.82, 2.24) is 0 Å². The molecule has 0 spiro atoms. The molecule has 1 heterocycles. The molecular weight excluding hydrogens is 336 g/mol. The molecule has 1 rings (SSSR count).